The molecule has 3 nitrogen and oxygen atoms in total. The Morgan fingerprint density at radius 3 is 2.36 bits per heavy atom. The predicted octanol–water partition coefficient (Wildman–Crippen LogP) is 4.38. The zero-order valence-corrected chi connectivity index (χ0v) is 16.6. The van der Waals surface area contributed by atoms with E-state index in [0.717, 1.165) is 19.0 Å². The smallest absolute Gasteiger partial charge is 0.0595 e. The third-order valence-corrected chi connectivity index (χ3v) is 6.70. The Morgan fingerprint density at radius 2 is 1.72 bits per heavy atom. The van der Waals surface area contributed by atoms with Crippen LogP contribution in [-0.2, 0) is 0 Å². The van der Waals surface area contributed by atoms with E-state index in [1.54, 1.807) is 0 Å². The zero-order chi connectivity index (χ0) is 17.6. The van der Waals surface area contributed by atoms with Crippen molar-refractivity contribution in [3.05, 3.63) is 33.8 Å². The molecule has 2 aliphatic heterocycles. The molecule has 0 aromatic heterocycles. The Hall–Kier alpha value is -0.320. The molecule has 1 atom stereocenters. The van der Waals surface area contributed by atoms with Gasteiger partial charge in [0.05, 0.1) is 10.0 Å². The van der Waals surface area contributed by atoms with Gasteiger partial charge < -0.3 is 15.5 Å². The molecule has 2 saturated heterocycles. The summed E-state index contributed by atoms with van der Waals surface area (Å²) < 4.78 is 0. The molecule has 0 radical (unpaired) electrons. The second-order valence-electron chi connectivity index (χ2n) is 7.56. The minimum atomic E-state index is 0.356. The lowest BCUT2D eigenvalue weighted by Gasteiger charge is -2.40. The average molecular weight is 384 g/mol. The van der Waals surface area contributed by atoms with E-state index in [2.05, 4.69) is 15.9 Å². The molecule has 0 aliphatic carbocycles. The van der Waals surface area contributed by atoms with E-state index >= 15 is 0 Å². The third-order valence-electron chi connectivity index (χ3n) is 5.96. The molecule has 0 amide bonds. The number of hydrogen-bond acceptors (Lipinski definition) is 3. The fraction of sp³-hybridized carbons (Fsp3) is 0.700. The van der Waals surface area contributed by atoms with Gasteiger partial charge in [-0.3, -0.25) is 0 Å². The molecule has 2 aliphatic rings. The molecule has 0 spiro atoms. The van der Waals surface area contributed by atoms with Crippen LogP contribution in [0.5, 0.6) is 0 Å². The summed E-state index contributed by atoms with van der Waals surface area (Å²) in [6, 6.07) is 6.74. The van der Waals surface area contributed by atoms with Gasteiger partial charge in [-0.1, -0.05) is 35.7 Å². The highest BCUT2D eigenvalue weighted by atomic mass is 35.5. The lowest BCUT2D eigenvalue weighted by Crippen LogP contribution is -2.47. The first-order chi connectivity index (χ1) is 12.2. The number of hydrogen-bond donors (Lipinski definition) is 1. The van der Waals surface area contributed by atoms with Crippen LogP contribution in [0, 0.1) is 0 Å². The first-order valence-corrected chi connectivity index (χ1v) is 10.5. The highest BCUT2D eigenvalue weighted by molar-refractivity contribution is 6.42. The van der Waals surface area contributed by atoms with Crippen LogP contribution in [0.15, 0.2) is 18.2 Å². The first-order valence-electron chi connectivity index (χ1n) is 9.79. The van der Waals surface area contributed by atoms with E-state index in [4.69, 9.17) is 28.9 Å². The maximum Gasteiger partial charge on any atom is 0.0595 e. The molecule has 1 unspecified atom stereocenters. The van der Waals surface area contributed by atoms with Crippen molar-refractivity contribution >= 4 is 23.2 Å². The molecule has 140 valence electrons. The van der Waals surface area contributed by atoms with Crippen LogP contribution in [0.2, 0.25) is 10.0 Å². The lowest BCUT2D eigenvalue weighted by molar-refractivity contribution is 0.0913. The summed E-state index contributed by atoms with van der Waals surface area (Å²) in [5.74, 6) is 0.356. The molecule has 2 heterocycles. The summed E-state index contributed by atoms with van der Waals surface area (Å²) in [6.45, 7) is 6.85. The maximum atomic E-state index is 6.17. The van der Waals surface area contributed by atoms with Crippen LogP contribution >= 0.6 is 23.2 Å². The highest BCUT2D eigenvalue weighted by Gasteiger charge is 2.25. The molecule has 5 heteroatoms. The Morgan fingerprint density at radius 1 is 1.00 bits per heavy atom. The van der Waals surface area contributed by atoms with Crippen molar-refractivity contribution in [3.63, 3.8) is 0 Å². The summed E-state index contributed by atoms with van der Waals surface area (Å²) in [5.41, 5.74) is 7.24. The quantitative estimate of drug-likeness (QED) is 0.790. The molecule has 0 saturated carbocycles. The molecular weight excluding hydrogens is 353 g/mol. The second-order valence-corrected chi connectivity index (χ2v) is 8.38. The SMILES string of the molecule is NCC(CCN1CCC(N2CCCCC2)CC1)c1ccc(Cl)c(Cl)c1. The third kappa shape index (κ3) is 5.33. The molecular formula is C20H31Cl2N3. The summed E-state index contributed by atoms with van der Waals surface area (Å²) >= 11 is 12.2. The van der Waals surface area contributed by atoms with Gasteiger partial charge in [-0.05, 0) is 95.0 Å². The zero-order valence-electron chi connectivity index (χ0n) is 15.1. The number of halogens is 2. The van der Waals surface area contributed by atoms with Crippen molar-refractivity contribution in [3.8, 4) is 0 Å². The molecule has 3 rings (SSSR count). The highest BCUT2D eigenvalue weighted by Crippen LogP contribution is 2.28. The molecule has 1 aromatic rings. The van der Waals surface area contributed by atoms with E-state index in [1.165, 1.54) is 63.8 Å². The van der Waals surface area contributed by atoms with Crippen molar-refractivity contribution in [1.82, 2.24) is 9.80 Å². The van der Waals surface area contributed by atoms with Crippen molar-refractivity contribution in [2.75, 3.05) is 39.3 Å². The van der Waals surface area contributed by atoms with E-state index in [0.29, 0.717) is 22.5 Å². The van der Waals surface area contributed by atoms with Gasteiger partial charge in [0.2, 0.25) is 0 Å². The van der Waals surface area contributed by atoms with Crippen LogP contribution in [0.25, 0.3) is 0 Å². The predicted molar refractivity (Wildman–Crippen MR) is 108 cm³/mol. The average Bonchev–Trinajstić information content (AvgIpc) is 2.66. The van der Waals surface area contributed by atoms with Crippen molar-refractivity contribution < 1.29 is 0 Å². The Balaban J connectivity index is 1.45. The number of likely N-dealkylation sites (tertiary alicyclic amines) is 2. The van der Waals surface area contributed by atoms with E-state index in [1.807, 2.05) is 12.1 Å². The van der Waals surface area contributed by atoms with Crippen LogP contribution < -0.4 is 5.73 Å². The largest absolute Gasteiger partial charge is 0.330 e. The van der Waals surface area contributed by atoms with Gasteiger partial charge in [0.25, 0.3) is 0 Å². The van der Waals surface area contributed by atoms with E-state index < -0.39 is 0 Å². The van der Waals surface area contributed by atoms with Crippen LogP contribution in [0.3, 0.4) is 0 Å². The summed E-state index contributed by atoms with van der Waals surface area (Å²) in [5, 5.41) is 1.24. The van der Waals surface area contributed by atoms with E-state index in [-0.39, 0.29) is 0 Å². The fourth-order valence-corrected chi connectivity index (χ4v) is 4.62. The van der Waals surface area contributed by atoms with Gasteiger partial charge in [0.15, 0.2) is 0 Å². The van der Waals surface area contributed by atoms with E-state index in [9.17, 15) is 0 Å². The minimum absolute atomic E-state index is 0.356. The lowest BCUT2D eigenvalue weighted by atomic mass is 9.94. The van der Waals surface area contributed by atoms with Crippen LogP contribution in [-0.4, -0.2) is 55.1 Å². The number of piperidine rings is 2. The van der Waals surface area contributed by atoms with Crippen molar-refractivity contribution in [1.29, 1.82) is 0 Å². The number of nitrogens with two attached hydrogens (primary N) is 1. The number of nitrogens with zero attached hydrogens (tertiary/aromatic N) is 2. The maximum absolute atomic E-state index is 6.17. The molecule has 0 bridgehead atoms. The van der Waals surface area contributed by atoms with Crippen LogP contribution in [0.4, 0.5) is 0 Å². The van der Waals surface area contributed by atoms with Gasteiger partial charge in [-0.25, -0.2) is 0 Å². The van der Waals surface area contributed by atoms with Gasteiger partial charge in [0, 0.05) is 6.04 Å². The summed E-state index contributed by atoms with van der Waals surface area (Å²) in [7, 11) is 0. The summed E-state index contributed by atoms with van der Waals surface area (Å²) in [6.07, 6.45) is 7.93. The van der Waals surface area contributed by atoms with Gasteiger partial charge in [0.1, 0.15) is 0 Å². The van der Waals surface area contributed by atoms with Crippen molar-refractivity contribution in [2.45, 2.75) is 50.5 Å². The minimum Gasteiger partial charge on any atom is -0.330 e. The Bertz CT molecular complexity index is 538. The molecule has 2 fully saturated rings. The van der Waals surface area contributed by atoms with Gasteiger partial charge >= 0.3 is 0 Å². The van der Waals surface area contributed by atoms with Gasteiger partial charge in [-0.15, -0.1) is 0 Å². The topological polar surface area (TPSA) is 32.5 Å². The molecule has 2 N–H and O–H groups in total. The monoisotopic (exact) mass is 383 g/mol. The second kappa shape index (κ2) is 9.57. The first kappa shape index (κ1) is 19.4. The fourth-order valence-electron chi connectivity index (χ4n) is 4.32. The molecule has 25 heavy (non-hydrogen) atoms. The Kier molecular flexibility index (Phi) is 7.44. The number of benzene rings is 1. The van der Waals surface area contributed by atoms with Crippen LogP contribution in [0.1, 0.15) is 50.0 Å². The van der Waals surface area contributed by atoms with Gasteiger partial charge in [-0.2, -0.15) is 0 Å². The summed E-state index contributed by atoms with van der Waals surface area (Å²) in [4.78, 5) is 5.35. The normalized spacial score (nSPS) is 22.2. The standard InChI is InChI=1S/C20H31Cl2N3/c21-19-5-4-16(14-20(19)22)17(15-23)6-11-24-12-7-18(8-13-24)25-9-2-1-3-10-25/h4-5,14,17-18H,1-3,6-13,15,23H2. The number of rotatable bonds is 6. The Labute approximate surface area is 162 Å². The van der Waals surface area contributed by atoms with Crippen molar-refractivity contribution in [2.24, 2.45) is 5.73 Å². The molecule has 1 aromatic carbocycles.